The van der Waals surface area contributed by atoms with Crippen molar-refractivity contribution in [3.8, 4) is 11.6 Å². The zero-order valence-corrected chi connectivity index (χ0v) is 13.7. The third kappa shape index (κ3) is 2.56. The van der Waals surface area contributed by atoms with Gasteiger partial charge in [0.1, 0.15) is 12.4 Å². The molecule has 0 aliphatic heterocycles. The highest BCUT2D eigenvalue weighted by molar-refractivity contribution is 6.08. The standard InChI is InChI=1S/C20H18N2O2/c1-13-20-17(16-9-8-15(23-2)10-18(16)22-20)11-19(21-13)24-12-14-6-4-3-5-7-14/h3-11,22H,12H2,1-2H3. The summed E-state index contributed by atoms with van der Waals surface area (Å²) in [7, 11) is 1.67. The molecular formula is C20H18N2O2. The van der Waals surface area contributed by atoms with Crippen LogP contribution in [-0.4, -0.2) is 17.1 Å². The number of aromatic amines is 1. The minimum atomic E-state index is 0.509. The smallest absolute Gasteiger partial charge is 0.214 e. The topological polar surface area (TPSA) is 47.1 Å². The van der Waals surface area contributed by atoms with Crippen molar-refractivity contribution >= 4 is 21.8 Å². The summed E-state index contributed by atoms with van der Waals surface area (Å²) in [4.78, 5) is 7.99. The summed E-state index contributed by atoms with van der Waals surface area (Å²) in [6.45, 7) is 2.50. The Kier molecular flexibility index (Phi) is 3.58. The molecule has 0 aliphatic rings. The summed E-state index contributed by atoms with van der Waals surface area (Å²) in [5.74, 6) is 1.47. The Labute approximate surface area is 140 Å². The molecule has 1 N–H and O–H groups in total. The second kappa shape index (κ2) is 5.89. The third-order valence-corrected chi connectivity index (χ3v) is 4.18. The molecule has 0 atom stereocenters. The molecule has 4 rings (SSSR count). The molecule has 0 aliphatic carbocycles. The highest BCUT2D eigenvalue weighted by Gasteiger charge is 2.11. The van der Waals surface area contributed by atoms with Crippen molar-refractivity contribution in [2.45, 2.75) is 13.5 Å². The molecule has 0 amide bonds. The summed E-state index contributed by atoms with van der Waals surface area (Å²) in [5, 5.41) is 2.25. The van der Waals surface area contributed by atoms with Gasteiger partial charge in [-0.1, -0.05) is 30.3 Å². The van der Waals surface area contributed by atoms with Gasteiger partial charge in [-0.3, -0.25) is 0 Å². The van der Waals surface area contributed by atoms with E-state index in [2.05, 4.69) is 16.0 Å². The molecule has 4 heteroatoms. The number of hydrogen-bond donors (Lipinski definition) is 1. The summed E-state index contributed by atoms with van der Waals surface area (Å²) in [6.07, 6.45) is 0. The first kappa shape index (κ1) is 14.6. The number of benzene rings is 2. The van der Waals surface area contributed by atoms with Crippen molar-refractivity contribution in [1.29, 1.82) is 0 Å². The minimum Gasteiger partial charge on any atom is -0.497 e. The van der Waals surface area contributed by atoms with Crippen molar-refractivity contribution in [2.24, 2.45) is 0 Å². The summed E-state index contributed by atoms with van der Waals surface area (Å²) < 4.78 is 11.2. The average molecular weight is 318 g/mol. The zero-order valence-electron chi connectivity index (χ0n) is 13.7. The second-order valence-corrected chi connectivity index (χ2v) is 5.78. The fourth-order valence-electron chi connectivity index (χ4n) is 2.94. The summed E-state index contributed by atoms with van der Waals surface area (Å²) in [6, 6.07) is 18.1. The first-order chi connectivity index (χ1) is 11.7. The molecule has 2 aromatic carbocycles. The van der Waals surface area contributed by atoms with Crippen molar-refractivity contribution < 1.29 is 9.47 Å². The van der Waals surface area contributed by atoms with Crippen LogP contribution in [-0.2, 0) is 6.61 Å². The van der Waals surface area contributed by atoms with E-state index < -0.39 is 0 Å². The average Bonchev–Trinajstić information content (AvgIpc) is 2.99. The van der Waals surface area contributed by atoms with Crippen LogP contribution in [0.4, 0.5) is 0 Å². The number of pyridine rings is 1. The lowest BCUT2D eigenvalue weighted by atomic mass is 10.1. The Bertz CT molecular complexity index is 1010. The molecule has 4 aromatic rings. The van der Waals surface area contributed by atoms with Gasteiger partial charge >= 0.3 is 0 Å². The van der Waals surface area contributed by atoms with Crippen molar-refractivity contribution in [3.05, 3.63) is 65.9 Å². The van der Waals surface area contributed by atoms with Gasteiger partial charge in [0.2, 0.25) is 5.88 Å². The van der Waals surface area contributed by atoms with E-state index in [4.69, 9.17) is 9.47 Å². The van der Waals surface area contributed by atoms with E-state index in [-0.39, 0.29) is 0 Å². The SMILES string of the molecule is COc1ccc2c(c1)[nH]c1c(C)nc(OCc3ccccc3)cc12. The van der Waals surface area contributed by atoms with E-state index in [9.17, 15) is 0 Å². The Hall–Kier alpha value is -3.01. The van der Waals surface area contributed by atoms with Gasteiger partial charge in [-0.05, 0) is 24.6 Å². The summed E-state index contributed by atoms with van der Waals surface area (Å²) >= 11 is 0. The number of ether oxygens (including phenoxy) is 2. The third-order valence-electron chi connectivity index (χ3n) is 4.18. The molecule has 0 saturated carbocycles. The fourth-order valence-corrected chi connectivity index (χ4v) is 2.94. The Morgan fingerprint density at radius 1 is 1.00 bits per heavy atom. The Morgan fingerprint density at radius 3 is 2.62 bits per heavy atom. The van der Waals surface area contributed by atoms with Gasteiger partial charge in [0.15, 0.2) is 0 Å². The highest BCUT2D eigenvalue weighted by Crippen LogP contribution is 2.31. The Morgan fingerprint density at radius 2 is 1.83 bits per heavy atom. The van der Waals surface area contributed by atoms with Crippen LogP contribution in [0.1, 0.15) is 11.3 Å². The molecule has 2 heterocycles. The Balaban J connectivity index is 1.74. The van der Waals surface area contributed by atoms with Crippen molar-refractivity contribution in [2.75, 3.05) is 7.11 Å². The number of nitrogens with zero attached hydrogens (tertiary/aromatic N) is 1. The van der Waals surface area contributed by atoms with Crippen LogP contribution in [0.15, 0.2) is 54.6 Å². The monoisotopic (exact) mass is 318 g/mol. The summed E-state index contributed by atoms with van der Waals surface area (Å²) in [5.41, 5.74) is 4.12. The van der Waals surface area contributed by atoms with Crippen LogP contribution >= 0.6 is 0 Å². The van der Waals surface area contributed by atoms with Gasteiger partial charge in [0, 0.05) is 22.9 Å². The normalized spacial score (nSPS) is 11.1. The molecule has 0 saturated heterocycles. The van der Waals surface area contributed by atoms with Gasteiger partial charge in [-0.15, -0.1) is 0 Å². The maximum Gasteiger partial charge on any atom is 0.214 e. The second-order valence-electron chi connectivity index (χ2n) is 5.78. The van der Waals surface area contributed by atoms with Crippen LogP contribution in [0.5, 0.6) is 11.6 Å². The molecule has 0 spiro atoms. The van der Waals surface area contributed by atoms with E-state index in [0.29, 0.717) is 12.5 Å². The number of fused-ring (bicyclic) bond motifs is 3. The molecule has 120 valence electrons. The molecule has 24 heavy (non-hydrogen) atoms. The van der Waals surface area contributed by atoms with Crippen LogP contribution < -0.4 is 9.47 Å². The first-order valence-corrected chi connectivity index (χ1v) is 7.88. The molecular weight excluding hydrogens is 300 g/mol. The van der Waals surface area contributed by atoms with E-state index in [1.807, 2.05) is 55.5 Å². The zero-order chi connectivity index (χ0) is 16.5. The lowest BCUT2D eigenvalue weighted by molar-refractivity contribution is 0.294. The van der Waals surface area contributed by atoms with Crippen molar-refractivity contribution in [1.82, 2.24) is 9.97 Å². The minimum absolute atomic E-state index is 0.509. The van der Waals surface area contributed by atoms with Crippen LogP contribution in [0.3, 0.4) is 0 Å². The van der Waals surface area contributed by atoms with Crippen molar-refractivity contribution in [3.63, 3.8) is 0 Å². The maximum absolute atomic E-state index is 5.89. The van der Waals surface area contributed by atoms with Crippen LogP contribution in [0.25, 0.3) is 21.8 Å². The number of rotatable bonds is 4. The number of nitrogens with one attached hydrogen (secondary N) is 1. The number of H-pyrrole nitrogens is 1. The number of aromatic nitrogens is 2. The first-order valence-electron chi connectivity index (χ1n) is 7.88. The quantitative estimate of drug-likeness (QED) is 0.597. The van der Waals surface area contributed by atoms with E-state index >= 15 is 0 Å². The van der Waals surface area contributed by atoms with Gasteiger partial charge in [-0.25, -0.2) is 4.98 Å². The van der Waals surface area contributed by atoms with Gasteiger partial charge < -0.3 is 14.5 Å². The fraction of sp³-hybridized carbons (Fsp3) is 0.150. The maximum atomic E-state index is 5.89. The number of methoxy groups -OCH3 is 1. The molecule has 0 radical (unpaired) electrons. The molecule has 4 nitrogen and oxygen atoms in total. The van der Waals surface area contributed by atoms with Crippen LogP contribution in [0, 0.1) is 6.92 Å². The molecule has 0 fully saturated rings. The van der Waals surface area contributed by atoms with E-state index in [1.54, 1.807) is 7.11 Å². The number of aryl methyl sites for hydroxylation is 1. The predicted octanol–water partition coefficient (Wildman–Crippen LogP) is 4.61. The molecule has 2 aromatic heterocycles. The van der Waals surface area contributed by atoms with Gasteiger partial charge in [0.05, 0.1) is 23.8 Å². The largest absolute Gasteiger partial charge is 0.497 e. The lowest BCUT2D eigenvalue weighted by Gasteiger charge is -2.07. The number of hydrogen-bond acceptors (Lipinski definition) is 3. The van der Waals surface area contributed by atoms with E-state index in [1.165, 1.54) is 0 Å². The molecule has 0 bridgehead atoms. The van der Waals surface area contributed by atoms with Gasteiger partial charge in [0.25, 0.3) is 0 Å². The van der Waals surface area contributed by atoms with Gasteiger partial charge in [-0.2, -0.15) is 0 Å². The highest BCUT2D eigenvalue weighted by atomic mass is 16.5. The molecule has 0 unspecified atom stereocenters. The lowest BCUT2D eigenvalue weighted by Crippen LogP contribution is -1.98. The predicted molar refractivity (Wildman–Crippen MR) is 95.7 cm³/mol. The van der Waals surface area contributed by atoms with E-state index in [0.717, 1.165) is 38.8 Å². The van der Waals surface area contributed by atoms with Crippen LogP contribution in [0.2, 0.25) is 0 Å².